The van der Waals surface area contributed by atoms with Gasteiger partial charge in [0.15, 0.2) is 0 Å². The molecule has 4 rings (SSSR count). The standard InChI is InChI=1S/C20H28N2O2/c1-24-19-9-5-15(6-10-19)16-13-17-7-8-18(14-16)22(17)20(23)21-11-3-2-4-12-21/h5-6,9-10,16-18H,2-4,7-8,11-14H2,1H3/t16?,17-,18+. The van der Waals surface area contributed by atoms with Crippen LogP contribution in [0.15, 0.2) is 24.3 Å². The van der Waals surface area contributed by atoms with Crippen LogP contribution in [0.25, 0.3) is 0 Å². The van der Waals surface area contributed by atoms with Crippen molar-refractivity contribution in [3.8, 4) is 5.75 Å². The summed E-state index contributed by atoms with van der Waals surface area (Å²) < 4.78 is 5.27. The summed E-state index contributed by atoms with van der Waals surface area (Å²) in [6.07, 6.45) is 8.20. The van der Waals surface area contributed by atoms with Gasteiger partial charge in [-0.2, -0.15) is 0 Å². The summed E-state index contributed by atoms with van der Waals surface area (Å²) in [5.74, 6) is 1.50. The second kappa shape index (κ2) is 6.66. The second-order valence-electron chi connectivity index (χ2n) is 7.56. The number of hydrogen-bond acceptors (Lipinski definition) is 2. The van der Waals surface area contributed by atoms with Crippen LogP contribution in [-0.4, -0.2) is 48.1 Å². The minimum absolute atomic E-state index is 0.315. The Balaban J connectivity index is 1.45. The number of urea groups is 1. The number of ether oxygens (including phenoxy) is 1. The molecule has 3 heterocycles. The predicted octanol–water partition coefficient (Wildman–Crippen LogP) is 4.01. The van der Waals surface area contributed by atoms with Crippen LogP contribution < -0.4 is 4.74 Å². The van der Waals surface area contributed by atoms with E-state index in [1.807, 2.05) is 0 Å². The molecule has 0 N–H and O–H groups in total. The average Bonchev–Trinajstić information content (AvgIpc) is 2.91. The summed E-state index contributed by atoms with van der Waals surface area (Å²) in [6.45, 7) is 1.91. The number of fused-ring (bicyclic) bond motifs is 2. The topological polar surface area (TPSA) is 32.8 Å². The molecule has 0 aliphatic carbocycles. The van der Waals surface area contributed by atoms with Crippen LogP contribution in [0.5, 0.6) is 5.75 Å². The van der Waals surface area contributed by atoms with E-state index in [0.717, 1.165) is 31.7 Å². The van der Waals surface area contributed by atoms with Crippen LogP contribution in [0.1, 0.15) is 56.4 Å². The zero-order valence-electron chi connectivity index (χ0n) is 14.6. The molecule has 3 aliphatic heterocycles. The lowest BCUT2D eigenvalue weighted by Gasteiger charge is -2.42. The summed E-state index contributed by atoms with van der Waals surface area (Å²) >= 11 is 0. The van der Waals surface area contributed by atoms with E-state index >= 15 is 0 Å². The molecule has 0 radical (unpaired) electrons. The lowest BCUT2D eigenvalue weighted by molar-refractivity contribution is 0.0991. The van der Waals surface area contributed by atoms with Gasteiger partial charge in [-0.3, -0.25) is 0 Å². The highest BCUT2D eigenvalue weighted by atomic mass is 16.5. The van der Waals surface area contributed by atoms with E-state index < -0.39 is 0 Å². The first-order chi connectivity index (χ1) is 11.8. The van der Waals surface area contributed by atoms with Crippen molar-refractivity contribution in [2.45, 2.75) is 62.9 Å². The fourth-order valence-electron chi connectivity index (χ4n) is 4.89. The number of likely N-dealkylation sites (tertiary alicyclic amines) is 1. The van der Waals surface area contributed by atoms with E-state index in [2.05, 4.69) is 34.1 Å². The van der Waals surface area contributed by atoms with Gasteiger partial charge in [-0.25, -0.2) is 4.79 Å². The lowest BCUT2D eigenvalue weighted by atomic mass is 9.85. The number of methoxy groups -OCH3 is 1. The molecule has 2 bridgehead atoms. The molecular weight excluding hydrogens is 300 g/mol. The van der Waals surface area contributed by atoms with Crippen LogP contribution >= 0.6 is 0 Å². The molecule has 0 aromatic heterocycles. The summed E-state index contributed by atoms with van der Waals surface area (Å²) in [6, 6.07) is 9.70. The third-order valence-electron chi connectivity index (χ3n) is 6.17. The smallest absolute Gasteiger partial charge is 0.320 e. The van der Waals surface area contributed by atoms with Gasteiger partial charge in [-0.05, 0) is 68.6 Å². The van der Waals surface area contributed by atoms with E-state index in [9.17, 15) is 4.79 Å². The van der Waals surface area contributed by atoms with Crippen LogP contribution in [0.2, 0.25) is 0 Å². The van der Waals surface area contributed by atoms with Crippen molar-refractivity contribution in [1.82, 2.24) is 9.80 Å². The summed E-state index contributed by atoms with van der Waals surface area (Å²) in [5.41, 5.74) is 1.40. The van der Waals surface area contributed by atoms with Gasteiger partial charge in [-0.15, -0.1) is 0 Å². The zero-order valence-corrected chi connectivity index (χ0v) is 14.6. The lowest BCUT2D eigenvalue weighted by Crippen LogP contribution is -2.53. The monoisotopic (exact) mass is 328 g/mol. The van der Waals surface area contributed by atoms with E-state index in [1.54, 1.807) is 7.11 Å². The Morgan fingerprint density at radius 1 is 1.00 bits per heavy atom. The third-order valence-corrected chi connectivity index (χ3v) is 6.17. The Morgan fingerprint density at radius 3 is 2.21 bits per heavy atom. The maximum Gasteiger partial charge on any atom is 0.320 e. The highest BCUT2D eigenvalue weighted by Gasteiger charge is 2.44. The first-order valence-electron chi connectivity index (χ1n) is 9.47. The first kappa shape index (κ1) is 15.8. The average molecular weight is 328 g/mol. The van der Waals surface area contributed by atoms with Gasteiger partial charge in [0.1, 0.15) is 5.75 Å². The predicted molar refractivity (Wildman–Crippen MR) is 94.4 cm³/mol. The minimum atomic E-state index is 0.315. The van der Waals surface area contributed by atoms with Crippen LogP contribution in [0.3, 0.4) is 0 Å². The number of nitrogens with zero attached hydrogens (tertiary/aromatic N) is 2. The Morgan fingerprint density at radius 2 is 1.62 bits per heavy atom. The van der Waals surface area contributed by atoms with E-state index in [-0.39, 0.29) is 0 Å². The van der Waals surface area contributed by atoms with Gasteiger partial charge in [0.2, 0.25) is 0 Å². The largest absolute Gasteiger partial charge is 0.497 e. The molecular formula is C20H28N2O2. The van der Waals surface area contributed by atoms with Crippen molar-refractivity contribution < 1.29 is 9.53 Å². The fraction of sp³-hybridized carbons (Fsp3) is 0.650. The SMILES string of the molecule is COc1ccc(C2C[C@H]3CC[C@@H](C2)N3C(=O)N2CCCCC2)cc1. The van der Waals surface area contributed by atoms with E-state index in [4.69, 9.17) is 4.74 Å². The third kappa shape index (κ3) is 2.87. The molecule has 3 fully saturated rings. The van der Waals surface area contributed by atoms with Crippen molar-refractivity contribution in [3.63, 3.8) is 0 Å². The Bertz CT molecular complexity index is 566. The van der Waals surface area contributed by atoms with Gasteiger partial charge in [0.05, 0.1) is 7.11 Å². The molecule has 3 aliphatic rings. The molecule has 2 amide bonds. The molecule has 130 valence electrons. The highest BCUT2D eigenvalue weighted by molar-refractivity contribution is 5.76. The van der Waals surface area contributed by atoms with Gasteiger partial charge in [0, 0.05) is 25.2 Å². The van der Waals surface area contributed by atoms with E-state index in [1.165, 1.54) is 37.7 Å². The number of benzene rings is 1. The normalized spacial score (nSPS) is 29.6. The summed E-state index contributed by atoms with van der Waals surface area (Å²) in [7, 11) is 1.71. The molecule has 1 aromatic rings. The number of carbonyl (C=O) groups is 1. The van der Waals surface area contributed by atoms with Gasteiger partial charge >= 0.3 is 6.03 Å². The molecule has 1 aromatic carbocycles. The van der Waals surface area contributed by atoms with Gasteiger partial charge in [-0.1, -0.05) is 12.1 Å². The van der Waals surface area contributed by atoms with E-state index in [0.29, 0.717) is 24.0 Å². The van der Waals surface area contributed by atoms with Crippen molar-refractivity contribution in [1.29, 1.82) is 0 Å². The van der Waals surface area contributed by atoms with Gasteiger partial charge in [0.25, 0.3) is 0 Å². The molecule has 3 atom stereocenters. The minimum Gasteiger partial charge on any atom is -0.497 e. The number of amides is 2. The fourth-order valence-corrected chi connectivity index (χ4v) is 4.89. The summed E-state index contributed by atoms with van der Waals surface area (Å²) in [4.78, 5) is 17.3. The second-order valence-corrected chi connectivity index (χ2v) is 7.56. The molecule has 1 unspecified atom stereocenters. The van der Waals surface area contributed by atoms with Crippen molar-refractivity contribution in [3.05, 3.63) is 29.8 Å². The highest BCUT2D eigenvalue weighted by Crippen LogP contribution is 2.43. The van der Waals surface area contributed by atoms with Crippen molar-refractivity contribution >= 4 is 6.03 Å². The number of carbonyl (C=O) groups excluding carboxylic acids is 1. The van der Waals surface area contributed by atoms with Crippen LogP contribution in [0.4, 0.5) is 4.79 Å². The zero-order chi connectivity index (χ0) is 16.5. The Kier molecular flexibility index (Phi) is 4.38. The Hall–Kier alpha value is -1.71. The number of hydrogen-bond donors (Lipinski definition) is 0. The molecule has 3 saturated heterocycles. The van der Waals surface area contributed by atoms with Crippen LogP contribution in [0, 0.1) is 0 Å². The molecule has 24 heavy (non-hydrogen) atoms. The van der Waals surface area contributed by atoms with Crippen LogP contribution in [-0.2, 0) is 0 Å². The van der Waals surface area contributed by atoms with Crippen molar-refractivity contribution in [2.75, 3.05) is 20.2 Å². The number of rotatable bonds is 2. The maximum atomic E-state index is 13.0. The summed E-state index contributed by atoms with van der Waals surface area (Å²) in [5, 5.41) is 0. The number of piperidine rings is 2. The van der Waals surface area contributed by atoms with Crippen molar-refractivity contribution in [2.24, 2.45) is 0 Å². The maximum absolute atomic E-state index is 13.0. The first-order valence-corrected chi connectivity index (χ1v) is 9.47. The quantitative estimate of drug-likeness (QED) is 0.822. The molecule has 4 nitrogen and oxygen atoms in total. The van der Waals surface area contributed by atoms with Gasteiger partial charge < -0.3 is 14.5 Å². The molecule has 0 saturated carbocycles. The molecule has 0 spiro atoms. The Labute approximate surface area is 144 Å². The molecule has 4 heteroatoms.